The van der Waals surface area contributed by atoms with Gasteiger partial charge in [0.25, 0.3) is 0 Å². The summed E-state index contributed by atoms with van der Waals surface area (Å²) < 4.78 is 24.5. The van der Waals surface area contributed by atoms with Crippen LogP contribution >= 0.6 is 0 Å². The first kappa shape index (κ1) is 14.5. The van der Waals surface area contributed by atoms with Crippen molar-refractivity contribution in [2.45, 2.75) is 63.9 Å². The van der Waals surface area contributed by atoms with Crippen molar-refractivity contribution >= 4 is 9.84 Å². The second-order valence-electron chi connectivity index (χ2n) is 5.44. The quantitative estimate of drug-likeness (QED) is 0.720. The second-order valence-corrected chi connectivity index (χ2v) is 7.96. The molecular formula is C14H24O2S. The normalized spacial score (nSPS) is 26.6. The molecule has 0 saturated carbocycles. The average molecular weight is 256 g/mol. The highest BCUT2D eigenvalue weighted by molar-refractivity contribution is 7.92. The fourth-order valence-corrected chi connectivity index (χ4v) is 4.41. The fourth-order valence-electron chi connectivity index (χ4n) is 2.21. The highest BCUT2D eigenvalue weighted by Crippen LogP contribution is 2.32. The summed E-state index contributed by atoms with van der Waals surface area (Å²) in [5.41, 5.74) is 2.40. The maximum atomic E-state index is 12.3. The zero-order valence-electron chi connectivity index (χ0n) is 11.4. The molecule has 1 aliphatic rings. The molecule has 0 spiro atoms. The van der Waals surface area contributed by atoms with Crippen LogP contribution in [0, 0.1) is 0 Å². The fraction of sp³-hybridized carbons (Fsp3) is 0.714. The Kier molecular flexibility index (Phi) is 4.99. The molecule has 0 bridgehead atoms. The third-order valence-corrected chi connectivity index (χ3v) is 6.03. The lowest BCUT2D eigenvalue weighted by molar-refractivity contribution is 0.581. The van der Waals surface area contributed by atoms with Crippen LogP contribution in [0.15, 0.2) is 23.3 Å². The van der Waals surface area contributed by atoms with E-state index in [-0.39, 0.29) is 10.5 Å². The summed E-state index contributed by atoms with van der Waals surface area (Å²) in [6.07, 6.45) is 7.13. The van der Waals surface area contributed by atoms with E-state index >= 15 is 0 Å². The van der Waals surface area contributed by atoms with Crippen molar-refractivity contribution in [1.29, 1.82) is 0 Å². The van der Waals surface area contributed by atoms with Crippen molar-refractivity contribution in [3.8, 4) is 0 Å². The Labute approximate surface area is 106 Å². The van der Waals surface area contributed by atoms with E-state index in [1.165, 1.54) is 11.1 Å². The summed E-state index contributed by atoms with van der Waals surface area (Å²) in [5, 5.41) is -0.291. The van der Waals surface area contributed by atoms with E-state index < -0.39 is 9.84 Å². The van der Waals surface area contributed by atoms with Gasteiger partial charge in [-0.25, -0.2) is 8.42 Å². The first-order chi connectivity index (χ1) is 7.84. The summed E-state index contributed by atoms with van der Waals surface area (Å²) in [6, 6.07) is 0. The minimum absolute atomic E-state index is 0.145. The minimum atomic E-state index is -2.91. The molecule has 0 aromatic carbocycles. The molecule has 17 heavy (non-hydrogen) atoms. The van der Waals surface area contributed by atoms with E-state index in [1.54, 1.807) is 0 Å². The smallest absolute Gasteiger partial charge is 0.156 e. The third kappa shape index (κ3) is 3.98. The molecule has 0 N–H and O–H groups in total. The van der Waals surface area contributed by atoms with Crippen molar-refractivity contribution in [3.05, 3.63) is 23.3 Å². The van der Waals surface area contributed by atoms with E-state index in [0.29, 0.717) is 12.8 Å². The first-order valence-electron chi connectivity index (χ1n) is 6.33. The highest BCUT2D eigenvalue weighted by Gasteiger charge is 2.38. The van der Waals surface area contributed by atoms with Crippen LogP contribution in [0.4, 0.5) is 0 Å². The van der Waals surface area contributed by atoms with Crippen LogP contribution in [-0.4, -0.2) is 18.9 Å². The summed E-state index contributed by atoms with van der Waals surface area (Å²) in [7, 11) is -2.91. The number of sulfone groups is 1. The number of hydrogen-bond donors (Lipinski definition) is 0. The van der Waals surface area contributed by atoms with Gasteiger partial charge < -0.3 is 0 Å². The van der Waals surface area contributed by atoms with E-state index in [1.807, 2.05) is 39.8 Å². The Hall–Kier alpha value is -0.570. The Morgan fingerprint density at radius 2 is 1.29 bits per heavy atom. The summed E-state index contributed by atoms with van der Waals surface area (Å²) in [4.78, 5) is 0. The van der Waals surface area contributed by atoms with Gasteiger partial charge in [-0.05, 0) is 53.4 Å². The lowest BCUT2D eigenvalue weighted by atomic mass is 10.1. The molecule has 0 aromatic heterocycles. The van der Waals surface area contributed by atoms with Gasteiger partial charge in [-0.2, -0.15) is 0 Å². The van der Waals surface area contributed by atoms with Gasteiger partial charge in [0, 0.05) is 0 Å². The Balaban J connectivity index is 2.70. The molecule has 0 amide bonds. The van der Waals surface area contributed by atoms with E-state index in [2.05, 4.69) is 0 Å². The Bertz CT molecular complexity index is 374. The van der Waals surface area contributed by atoms with Crippen molar-refractivity contribution in [1.82, 2.24) is 0 Å². The maximum Gasteiger partial charge on any atom is 0.156 e. The number of allylic oxidation sites excluding steroid dienone is 4. The van der Waals surface area contributed by atoms with Crippen molar-refractivity contribution < 1.29 is 8.42 Å². The number of rotatable bonds is 4. The summed E-state index contributed by atoms with van der Waals surface area (Å²) in [6.45, 7) is 8.06. The lowest BCUT2D eigenvalue weighted by Gasteiger charge is -2.11. The average Bonchev–Trinajstić information content (AvgIpc) is 2.47. The van der Waals surface area contributed by atoms with Crippen LogP contribution in [0.1, 0.15) is 53.4 Å². The molecule has 1 rings (SSSR count). The van der Waals surface area contributed by atoms with Gasteiger partial charge in [0.05, 0.1) is 10.5 Å². The highest BCUT2D eigenvalue weighted by atomic mass is 32.2. The molecule has 1 fully saturated rings. The van der Waals surface area contributed by atoms with Crippen LogP contribution in [0.2, 0.25) is 0 Å². The molecule has 1 aliphatic heterocycles. The molecular weight excluding hydrogens is 232 g/mol. The van der Waals surface area contributed by atoms with Gasteiger partial charge in [-0.3, -0.25) is 0 Å². The Morgan fingerprint density at radius 3 is 1.59 bits per heavy atom. The second kappa shape index (κ2) is 5.85. The largest absolute Gasteiger partial charge is 0.228 e. The first-order valence-corrected chi connectivity index (χ1v) is 7.94. The van der Waals surface area contributed by atoms with Gasteiger partial charge in [-0.15, -0.1) is 0 Å². The van der Waals surface area contributed by atoms with Gasteiger partial charge in [0.1, 0.15) is 0 Å². The topological polar surface area (TPSA) is 34.1 Å². The van der Waals surface area contributed by atoms with Crippen molar-refractivity contribution in [2.75, 3.05) is 0 Å². The minimum Gasteiger partial charge on any atom is -0.228 e. The van der Waals surface area contributed by atoms with Crippen LogP contribution in [0.25, 0.3) is 0 Å². The predicted molar refractivity (Wildman–Crippen MR) is 73.8 cm³/mol. The lowest BCUT2D eigenvalue weighted by Crippen LogP contribution is -2.22. The Morgan fingerprint density at radius 1 is 0.941 bits per heavy atom. The van der Waals surface area contributed by atoms with E-state index in [0.717, 1.165) is 12.8 Å². The summed E-state index contributed by atoms with van der Waals surface area (Å²) >= 11 is 0. The van der Waals surface area contributed by atoms with Crippen molar-refractivity contribution in [3.63, 3.8) is 0 Å². The molecule has 2 unspecified atom stereocenters. The molecule has 1 heterocycles. The molecule has 3 heteroatoms. The maximum absolute atomic E-state index is 12.3. The SMILES string of the molecule is CC(C)=CCC1CCC(CC=C(C)C)S1(=O)=O. The van der Waals surface area contributed by atoms with Crippen LogP contribution in [-0.2, 0) is 9.84 Å². The molecule has 2 nitrogen and oxygen atoms in total. The van der Waals surface area contributed by atoms with E-state index in [9.17, 15) is 8.42 Å². The van der Waals surface area contributed by atoms with Gasteiger partial charge in [0.15, 0.2) is 9.84 Å². The molecule has 1 saturated heterocycles. The van der Waals surface area contributed by atoms with Crippen molar-refractivity contribution in [2.24, 2.45) is 0 Å². The molecule has 98 valence electrons. The van der Waals surface area contributed by atoms with Crippen LogP contribution in [0.3, 0.4) is 0 Å². The standard InChI is InChI=1S/C14H24O2S/c1-11(2)5-7-13-9-10-14(17(13,15)16)8-6-12(3)4/h5-6,13-14H,7-10H2,1-4H3. The molecule has 0 radical (unpaired) electrons. The third-order valence-electron chi connectivity index (χ3n) is 3.32. The van der Waals surface area contributed by atoms with E-state index in [4.69, 9.17) is 0 Å². The van der Waals surface area contributed by atoms with Gasteiger partial charge >= 0.3 is 0 Å². The summed E-state index contributed by atoms with van der Waals surface area (Å²) in [5.74, 6) is 0. The monoisotopic (exact) mass is 256 g/mol. The van der Waals surface area contributed by atoms with Gasteiger partial charge in [-0.1, -0.05) is 23.3 Å². The molecule has 0 aromatic rings. The predicted octanol–water partition coefficient (Wildman–Crippen LogP) is 3.64. The molecule has 0 aliphatic carbocycles. The molecule has 2 atom stereocenters. The van der Waals surface area contributed by atoms with Crippen LogP contribution < -0.4 is 0 Å². The zero-order chi connectivity index (χ0) is 13.1. The van der Waals surface area contributed by atoms with Gasteiger partial charge in [0.2, 0.25) is 0 Å². The van der Waals surface area contributed by atoms with Crippen LogP contribution in [0.5, 0.6) is 0 Å². The number of hydrogen-bond acceptors (Lipinski definition) is 2. The zero-order valence-corrected chi connectivity index (χ0v) is 12.2.